The first-order valence-electron chi connectivity index (χ1n) is 8.05. The standard InChI is InChI=1S/C17H26FN3/c1-13-11-20(2)7-8-21(13)12-15-9-14(3-6-17(15)18)10-19-16-4-5-16/h3,6,9,13,16,19H,4-5,7-8,10-12H2,1-2H3. The summed E-state index contributed by atoms with van der Waals surface area (Å²) in [5.74, 6) is -0.0729. The molecule has 1 aromatic rings. The lowest BCUT2D eigenvalue weighted by Gasteiger charge is -2.38. The minimum atomic E-state index is -0.0729. The van der Waals surface area contributed by atoms with Crippen molar-refractivity contribution < 1.29 is 4.39 Å². The van der Waals surface area contributed by atoms with Crippen molar-refractivity contribution in [3.63, 3.8) is 0 Å². The van der Waals surface area contributed by atoms with Gasteiger partial charge < -0.3 is 10.2 Å². The Bertz CT molecular complexity index is 487. The number of rotatable bonds is 5. The van der Waals surface area contributed by atoms with Crippen LogP contribution in [0.1, 0.15) is 30.9 Å². The Hall–Kier alpha value is -0.970. The molecular weight excluding hydrogens is 265 g/mol. The summed E-state index contributed by atoms with van der Waals surface area (Å²) in [5, 5.41) is 3.50. The van der Waals surface area contributed by atoms with Crippen LogP contribution in [-0.2, 0) is 13.1 Å². The van der Waals surface area contributed by atoms with Gasteiger partial charge in [-0.3, -0.25) is 4.90 Å². The van der Waals surface area contributed by atoms with Crippen LogP contribution < -0.4 is 5.32 Å². The van der Waals surface area contributed by atoms with Gasteiger partial charge in [0.05, 0.1) is 0 Å². The molecule has 0 bridgehead atoms. The van der Waals surface area contributed by atoms with E-state index in [1.807, 2.05) is 12.1 Å². The van der Waals surface area contributed by atoms with E-state index in [2.05, 4.69) is 29.1 Å². The predicted octanol–water partition coefficient (Wildman–Crippen LogP) is 2.21. The van der Waals surface area contributed by atoms with Crippen LogP contribution in [0.3, 0.4) is 0 Å². The summed E-state index contributed by atoms with van der Waals surface area (Å²) in [6.45, 7) is 6.95. The van der Waals surface area contributed by atoms with Gasteiger partial charge in [-0.1, -0.05) is 12.1 Å². The number of nitrogens with one attached hydrogen (secondary N) is 1. The van der Waals surface area contributed by atoms with Crippen LogP contribution in [-0.4, -0.2) is 48.6 Å². The highest BCUT2D eigenvalue weighted by Crippen LogP contribution is 2.21. The normalized spacial score (nSPS) is 24.4. The molecule has 1 heterocycles. The summed E-state index contributed by atoms with van der Waals surface area (Å²) < 4.78 is 14.1. The van der Waals surface area contributed by atoms with Crippen molar-refractivity contribution in [2.75, 3.05) is 26.7 Å². The molecule has 0 amide bonds. The van der Waals surface area contributed by atoms with E-state index in [-0.39, 0.29) is 5.82 Å². The molecule has 4 heteroatoms. The monoisotopic (exact) mass is 291 g/mol. The van der Waals surface area contributed by atoms with Crippen LogP contribution in [0.4, 0.5) is 4.39 Å². The van der Waals surface area contributed by atoms with Gasteiger partial charge in [-0.25, -0.2) is 4.39 Å². The maximum Gasteiger partial charge on any atom is 0.127 e. The largest absolute Gasteiger partial charge is 0.310 e. The van der Waals surface area contributed by atoms with E-state index in [0.29, 0.717) is 12.1 Å². The van der Waals surface area contributed by atoms with E-state index in [1.165, 1.54) is 18.4 Å². The summed E-state index contributed by atoms with van der Waals surface area (Å²) >= 11 is 0. The quantitative estimate of drug-likeness (QED) is 0.897. The molecule has 21 heavy (non-hydrogen) atoms. The van der Waals surface area contributed by atoms with Crippen LogP contribution in [0.25, 0.3) is 0 Å². The average Bonchev–Trinajstić information content (AvgIpc) is 3.27. The molecule has 1 aromatic carbocycles. The highest BCUT2D eigenvalue weighted by atomic mass is 19.1. The average molecular weight is 291 g/mol. The second kappa shape index (κ2) is 6.42. The molecule has 0 spiro atoms. The Morgan fingerprint density at radius 1 is 1.29 bits per heavy atom. The number of likely N-dealkylation sites (N-methyl/N-ethyl adjacent to an activating group) is 1. The fourth-order valence-corrected chi connectivity index (χ4v) is 3.04. The van der Waals surface area contributed by atoms with Crippen molar-refractivity contribution in [1.82, 2.24) is 15.1 Å². The minimum absolute atomic E-state index is 0.0729. The van der Waals surface area contributed by atoms with Crippen molar-refractivity contribution in [2.45, 2.75) is 44.9 Å². The molecule has 1 unspecified atom stereocenters. The third-order valence-corrected chi connectivity index (χ3v) is 4.62. The summed E-state index contributed by atoms with van der Waals surface area (Å²) in [6.07, 6.45) is 2.57. The Morgan fingerprint density at radius 3 is 2.81 bits per heavy atom. The lowest BCUT2D eigenvalue weighted by molar-refractivity contribution is 0.0928. The summed E-state index contributed by atoms with van der Waals surface area (Å²) in [5.41, 5.74) is 2.03. The molecule has 1 atom stereocenters. The molecule has 2 fully saturated rings. The molecule has 3 nitrogen and oxygen atoms in total. The van der Waals surface area contributed by atoms with Gasteiger partial charge in [0.1, 0.15) is 5.82 Å². The molecule has 1 N–H and O–H groups in total. The third kappa shape index (κ3) is 4.02. The molecule has 116 valence electrons. The summed E-state index contributed by atoms with van der Waals surface area (Å²) in [4.78, 5) is 4.73. The van der Waals surface area contributed by atoms with Crippen LogP contribution in [0.5, 0.6) is 0 Å². The second-order valence-electron chi connectivity index (χ2n) is 6.66. The molecule has 0 aromatic heterocycles. The van der Waals surface area contributed by atoms with E-state index in [9.17, 15) is 4.39 Å². The van der Waals surface area contributed by atoms with Gasteiger partial charge in [-0.15, -0.1) is 0 Å². The molecule has 1 aliphatic heterocycles. The Kier molecular flexibility index (Phi) is 4.57. The molecule has 1 saturated heterocycles. The van der Waals surface area contributed by atoms with Gasteiger partial charge in [-0.2, -0.15) is 0 Å². The van der Waals surface area contributed by atoms with E-state index < -0.39 is 0 Å². The number of piperazine rings is 1. The van der Waals surface area contributed by atoms with E-state index >= 15 is 0 Å². The number of benzene rings is 1. The lowest BCUT2D eigenvalue weighted by Crippen LogP contribution is -2.49. The maximum absolute atomic E-state index is 14.1. The van der Waals surface area contributed by atoms with Gasteiger partial charge >= 0.3 is 0 Å². The van der Waals surface area contributed by atoms with Crippen LogP contribution in [0.15, 0.2) is 18.2 Å². The third-order valence-electron chi connectivity index (χ3n) is 4.62. The molecule has 1 aliphatic carbocycles. The first kappa shape index (κ1) is 14.9. The molecule has 0 radical (unpaired) electrons. The fraction of sp³-hybridized carbons (Fsp3) is 0.647. The smallest absolute Gasteiger partial charge is 0.127 e. The van der Waals surface area contributed by atoms with Gasteiger partial charge in [0.15, 0.2) is 0 Å². The first-order valence-corrected chi connectivity index (χ1v) is 8.05. The Balaban J connectivity index is 1.64. The van der Waals surface area contributed by atoms with Crippen molar-refractivity contribution in [3.05, 3.63) is 35.1 Å². The van der Waals surface area contributed by atoms with Gasteiger partial charge in [-0.05, 0) is 38.4 Å². The van der Waals surface area contributed by atoms with Gasteiger partial charge in [0, 0.05) is 50.4 Å². The number of hydrogen-bond acceptors (Lipinski definition) is 3. The number of nitrogens with zero attached hydrogens (tertiary/aromatic N) is 2. The minimum Gasteiger partial charge on any atom is -0.310 e. The Labute approximate surface area is 127 Å². The van der Waals surface area contributed by atoms with E-state index in [4.69, 9.17) is 0 Å². The highest BCUT2D eigenvalue weighted by molar-refractivity contribution is 5.25. The first-order chi connectivity index (χ1) is 10.1. The number of hydrogen-bond donors (Lipinski definition) is 1. The molecular formula is C17H26FN3. The van der Waals surface area contributed by atoms with Crippen molar-refractivity contribution in [1.29, 1.82) is 0 Å². The molecule has 1 saturated carbocycles. The predicted molar refractivity (Wildman–Crippen MR) is 83.6 cm³/mol. The van der Waals surface area contributed by atoms with Crippen molar-refractivity contribution in [2.24, 2.45) is 0 Å². The van der Waals surface area contributed by atoms with Crippen LogP contribution >= 0.6 is 0 Å². The summed E-state index contributed by atoms with van der Waals surface area (Å²) in [6, 6.07) is 6.74. The zero-order valence-electron chi connectivity index (χ0n) is 13.1. The summed E-state index contributed by atoms with van der Waals surface area (Å²) in [7, 11) is 2.15. The fourth-order valence-electron chi connectivity index (χ4n) is 3.04. The van der Waals surface area contributed by atoms with Crippen LogP contribution in [0, 0.1) is 5.82 Å². The van der Waals surface area contributed by atoms with E-state index in [0.717, 1.165) is 38.3 Å². The SMILES string of the molecule is CC1CN(C)CCN1Cc1cc(CNC2CC2)ccc1F. The van der Waals surface area contributed by atoms with E-state index in [1.54, 1.807) is 6.07 Å². The van der Waals surface area contributed by atoms with Crippen molar-refractivity contribution >= 4 is 0 Å². The Morgan fingerprint density at radius 2 is 2.10 bits per heavy atom. The topological polar surface area (TPSA) is 18.5 Å². The van der Waals surface area contributed by atoms with Crippen molar-refractivity contribution in [3.8, 4) is 0 Å². The number of halogens is 1. The highest BCUT2D eigenvalue weighted by Gasteiger charge is 2.23. The second-order valence-corrected chi connectivity index (χ2v) is 6.66. The van der Waals surface area contributed by atoms with Gasteiger partial charge in [0.25, 0.3) is 0 Å². The molecule has 3 rings (SSSR count). The zero-order valence-corrected chi connectivity index (χ0v) is 13.1. The van der Waals surface area contributed by atoms with Gasteiger partial charge in [0.2, 0.25) is 0 Å². The van der Waals surface area contributed by atoms with Crippen LogP contribution in [0.2, 0.25) is 0 Å². The lowest BCUT2D eigenvalue weighted by atomic mass is 10.1. The molecule has 2 aliphatic rings. The zero-order chi connectivity index (χ0) is 14.8. The maximum atomic E-state index is 14.1.